The first kappa shape index (κ1) is 20.1. The largest absolute Gasteiger partial charge is 0.297 e. The molecule has 0 unspecified atom stereocenters. The molecule has 0 amide bonds. The zero-order valence-corrected chi connectivity index (χ0v) is 18.2. The summed E-state index contributed by atoms with van der Waals surface area (Å²) in [5.41, 5.74) is 5.59. The third-order valence-electron chi connectivity index (χ3n) is 6.06. The Morgan fingerprint density at radius 3 is 2.32 bits per heavy atom. The predicted octanol–water partition coefficient (Wildman–Crippen LogP) is 7.00. The number of rotatable bonds is 5. The molecule has 1 saturated heterocycles. The standard InChI is InChI=1S/C27H25FN2S/c28-25-11-5-9-23(17-25)22-8-4-10-24(16-22)27-29-26(19-31-27)18-30-14-12-21(13-15-30)20-6-2-1-3-7-20/h1-11,16-17,19,21H,12-15,18H2. The summed E-state index contributed by atoms with van der Waals surface area (Å²) in [6.45, 7) is 3.13. The van der Waals surface area contributed by atoms with Gasteiger partial charge < -0.3 is 0 Å². The summed E-state index contributed by atoms with van der Waals surface area (Å²) in [4.78, 5) is 7.42. The SMILES string of the molecule is Fc1cccc(-c2cccc(-c3nc(CN4CCC(c5ccccc5)CC4)cs3)c2)c1. The number of hydrogen-bond acceptors (Lipinski definition) is 3. The number of hydrogen-bond donors (Lipinski definition) is 0. The van der Waals surface area contributed by atoms with Crippen molar-refractivity contribution in [1.29, 1.82) is 0 Å². The van der Waals surface area contributed by atoms with E-state index < -0.39 is 0 Å². The van der Waals surface area contributed by atoms with E-state index >= 15 is 0 Å². The normalized spacial score (nSPS) is 15.3. The Morgan fingerprint density at radius 1 is 0.839 bits per heavy atom. The van der Waals surface area contributed by atoms with Crippen molar-refractivity contribution in [1.82, 2.24) is 9.88 Å². The molecule has 0 aliphatic carbocycles. The number of benzene rings is 3. The molecule has 0 N–H and O–H groups in total. The summed E-state index contributed by atoms with van der Waals surface area (Å²) in [6, 6.07) is 25.8. The average molecular weight is 429 g/mol. The van der Waals surface area contributed by atoms with E-state index in [0.717, 1.165) is 47.0 Å². The molecule has 1 aromatic heterocycles. The van der Waals surface area contributed by atoms with Crippen LogP contribution in [-0.4, -0.2) is 23.0 Å². The van der Waals surface area contributed by atoms with E-state index in [4.69, 9.17) is 4.98 Å². The van der Waals surface area contributed by atoms with Gasteiger partial charge >= 0.3 is 0 Å². The van der Waals surface area contributed by atoms with Crippen LogP contribution in [0, 0.1) is 5.82 Å². The molecule has 1 fully saturated rings. The van der Waals surface area contributed by atoms with Crippen LogP contribution in [0.3, 0.4) is 0 Å². The van der Waals surface area contributed by atoms with Gasteiger partial charge in [-0.2, -0.15) is 0 Å². The van der Waals surface area contributed by atoms with E-state index in [2.05, 4.69) is 52.7 Å². The molecule has 3 aromatic carbocycles. The van der Waals surface area contributed by atoms with Gasteiger partial charge in [-0.3, -0.25) is 4.90 Å². The van der Waals surface area contributed by atoms with Gasteiger partial charge in [0, 0.05) is 17.5 Å². The van der Waals surface area contributed by atoms with E-state index in [1.165, 1.54) is 24.5 Å². The van der Waals surface area contributed by atoms with Gasteiger partial charge in [0.05, 0.1) is 5.69 Å². The average Bonchev–Trinajstić information content (AvgIpc) is 3.29. The molecular formula is C27H25FN2S. The Bertz CT molecular complexity index is 1150. The van der Waals surface area contributed by atoms with E-state index in [0.29, 0.717) is 5.92 Å². The lowest BCUT2D eigenvalue weighted by atomic mass is 9.89. The predicted molar refractivity (Wildman–Crippen MR) is 127 cm³/mol. The highest BCUT2D eigenvalue weighted by molar-refractivity contribution is 7.13. The second kappa shape index (κ2) is 9.13. The maximum atomic E-state index is 13.6. The summed E-state index contributed by atoms with van der Waals surface area (Å²) in [7, 11) is 0. The minimum Gasteiger partial charge on any atom is -0.297 e. The highest BCUT2D eigenvalue weighted by Crippen LogP contribution is 2.31. The van der Waals surface area contributed by atoms with Crippen molar-refractivity contribution in [2.45, 2.75) is 25.3 Å². The minimum absolute atomic E-state index is 0.213. The van der Waals surface area contributed by atoms with Crippen LogP contribution in [0.1, 0.15) is 30.0 Å². The van der Waals surface area contributed by atoms with Crippen LogP contribution in [0.25, 0.3) is 21.7 Å². The van der Waals surface area contributed by atoms with Crippen LogP contribution in [0.4, 0.5) is 4.39 Å². The van der Waals surface area contributed by atoms with E-state index in [1.54, 1.807) is 23.5 Å². The molecule has 1 aliphatic rings. The molecule has 2 heterocycles. The summed E-state index contributed by atoms with van der Waals surface area (Å²) >= 11 is 1.68. The Morgan fingerprint density at radius 2 is 1.55 bits per heavy atom. The number of halogens is 1. The second-order valence-electron chi connectivity index (χ2n) is 8.20. The van der Waals surface area contributed by atoms with Gasteiger partial charge in [0.2, 0.25) is 0 Å². The quantitative estimate of drug-likeness (QED) is 0.340. The molecule has 0 saturated carbocycles. The van der Waals surface area contributed by atoms with Gasteiger partial charge in [0.1, 0.15) is 10.8 Å². The Balaban J connectivity index is 1.24. The molecule has 4 aromatic rings. The topological polar surface area (TPSA) is 16.1 Å². The van der Waals surface area contributed by atoms with Crippen LogP contribution >= 0.6 is 11.3 Å². The maximum absolute atomic E-state index is 13.6. The molecule has 4 heteroatoms. The van der Waals surface area contributed by atoms with Gasteiger partial charge in [-0.15, -0.1) is 11.3 Å². The Hall–Kier alpha value is -2.82. The third-order valence-corrected chi connectivity index (χ3v) is 7.00. The number of thiazole rings is 1. The fraction of sp³-hybridized carbons (Fsp3) is 0.222. The first-order chi connectivity index (χ1) is 15.2. The summed E-state index contributed by atoms with van der Waals surface area (Å²) in [5, 5.41) is 3.19. The lowest BCUT2D eigenvalue weighted by Gasteiger charge is -2.31. The minimum atomic E-state index is -0.213. The highest BCUT2D eigenvalue weighted by Gasteiger charge is 2.21. The smallest absolute Gasteiger partial charge is 0.123 e. The number of nitrogens with zero attached hydrogens (tertiary/aromatic N) is 2. The molecule has 0 spiro atoms. The molecular weight excluding hydrogens is 403 g/mol. The van der Waals surface area contributed by atoms with Crippen LogP contribution in [0.5, 0.6) is 0 Å². The van der Waals surface area contributed by atoms with Crippen molar-refractivity contribution in [3.8, 4) is 21.7 Å². The molecule has 2 nitrogen and oxygen atoms in total. The van der Waals surface area contributed by atoms with Gasteiger partial charge in [-0.05, 0) is 66.7 Å². The third kappa shape index (κ3) is 4.76. The first-order valence-corrected chi connectivity index (χ1v) is 11.7. The van der Waals surface area contributed by atoms with Crippen molar-refractivity contribution in [3.63, 3.8) is 0 Å². The zero-order chi connectivity index (χ0) is 21.0. The maximum Gasteiger partial charge on any atom is 0.123 e. The lowest BCUT2D eigenvalue weighted by molar-refractivity contribution is 0.203. The second-order valence-corrected chi connectivity index (χ2v) is 9.05. The molecule has 31 heavy (non-hydrogen) atoms. The van der Waals surface area contributed by atoms with Crippen molar-refractivity contribution >= 4 is 11.3 Å². The first-order valence-electron chi connectivity index (χ1n) is 10.8. The van der Waals surface area contributed by atoms with E-state index in [1.807, 2.05) is 18.2 Å². The molecule has 0 atom stereocenters. The van der Waals surface area contributed by atoms with Crippen LogP contribution in [0.15, 0.2) is 84.2 Å². The van der Waals surface area contributed by atoms with Gasteiger partial charge in [-0.1, -0.05) is 60.7 Å². The van der Waals surface area contributed by atoms with Crippen molar-refractivity contribution in [2.75, 3.05) is 13.1 Å². The van der Waals surface area contributed by atoms with Crippen molar-refractivity contribution in [3.05, 3.63) is 101 Å². The van der Waals surface area contributed by atoms with Gasteiger partial charge in [-0.25, -0.2) is 9.37 Å². The summed E-state index contributed by atoms with van der Waals surface area (Å²) < 4.78 is 13.6. The van der Waals surface area contributed by atoms with Crippen molar-refractivity contribution in [2.24, 2.45) is 0 Å². The zero-order valence-electron chi connectivity index (χ0n) is 17.4. The van der Waals surface area contributed by atoms with Crippen LogP contribution < -0.4 is 0 Å². The van der Waals surface area contributed by atoms with Gasteiger partial charge in [0.15, 0.2) is 0 Å². The fourth-order valence-corrected chi connectivity index (χ4v) is 5.20. The van der Waals surface area contributed by atoms with Gasteiger partial charge in [0.25, 0.3) is 0 Å². The molecule has 5 rings (SSSR count). The Kier molecular flexibility index (Phi) is 5.92. The highest BCUT2D eigenvalue weighted by atomic mass is 32.1. The summed E-state index contributed by atoms with van der Waals surface area (Å²) in [6.07, 6.45) is 2.41. The van der Waals surface area contributed by atoms with Crippen LogP contribution in [-0.2, 0) is 6.54 Å². The number of aromatic nitrogens is 1. The number of likely N-dealkylation sites (tertiary alicyclic amines) is 1. The fourth-order valence-electron chi connectivity index (χ4n) is 4.39. The molecule has 0 bridgehead atoms. The molecule has 156 valence electrons. The van der Waals surface area contributed by atoms with E-state index in [9.17, 15) is 4.39 Å². The molecule has 0 radical (unpaired) electrons. The Labute approximate surface area is 187 Å². The monoisotopic (exact) mass is 428 g/mol. The lowest BCUT2D eigenvalue weighted by Crippen LogP contribution is -2.32. The van der Waals surface area contributed by atoms with Crippen molar-refractivity contribution < 1.29 is 4.39 Å². The number of piperidine rings is 1. The molecule has 1 aliphatic heterocycles. The van der Waals surface area contributed by atoms with Crippen LogP contribution in [0.2, 0.25) is 0 Å². The van der Waals surface area contributed by atoms with E-state index in [-0.39, 0.29) is 5.82 Å². The summed E-state index contributed by atoms with van der Waals surface area (Å²) in [5.74, 6) is 0.462.